The molecule has 1 unspecified atom stereocenters. The van der Waals surface area contributed by atoms with Gasteiger partial charge in [-0.3, -0.25) is 4.79 Å². The second-order valence-corrected chi connectivity index (χ2v) is 4.70. The van der Waals surface area contributed by atoms with Gasteiger partial charge in [0.15, 0.2) is 0 Å². The zero-order chi connectivity index (χ0) is 13.9. The molecule has 1 rings (SSSR count). The Morgan fingerprint density at radius 1 is 1.44 bits per heavy atom. The summed E-state index contributed by atoms with van der Waals surface area (Å²) in [6.07, 6.45) is 1.76. The topological polar surface area (TPSA) is 113 Å². The second kappa shape index (κ2) is 5.70. The highest BCUT2D eigenvalue weighted by molar-refractivity contribution is 5.87. The van der Waals surface area contributed by atoms with Crippen molar-refractivity contribution in [3.8, 4) is 0 Å². The second-order valence-electron chi connectivity index (χ2n) is 4.70. The summed E-state index contributed by atoms with van der Waals surface area (Å²) in [6, 6.07) is -1.71. The standard InChI is InChI=1S/C11H19N3O4/c1-6(7-3-4-7)14(2)11(18)13-8(10(16)17)5-9(12)15/h6-8H,3-5H2,1-2H3,(H2,12,15)(H,13,18)(H,16,17)/t6?,8-/m0/s1. The Morgan fingerprint density at radius 3 is 2.39 bits per heavy atom. The van der Waals surface area contributed by atoms with Gasteiger partial charge in [0, 0.05) is 13.1 Å². The van der Waals surface area contributed by atoms with E-state index in [1.165, 1.54) is 4.90 Å². The number of amides is 3. The van der Waals surface area contributed by atoms with Gasteiger partial charge in [-0.2, -0.15) is 0 Å². The van der Waals surface area contributed by atoms with E-state index in [2.05, 4.69) is 5.32 Å². The largest absolute Gasteiger partial charge is 0.480 e. The highest BCUT2D eigenvalue weighted by atomic mass is 16.4. The van der Waals surface area contributed by atoms with E-state index in [0.717, 1.165) is 12.8 Å². The smallest absolute Gasteiger partial charge is 0.326 e. The number of carbonyl (C=O) groups excluding carboxylic acids is 2. The molecule has 7 nitrogen and oxygen atoms in total. The minimum absolute atomic E-state index is 0.0630. The molecule has 1 aliphatic carbocycles. The van der Waals surface area contributed by atoms with Crippen LogP contribution in [0.4, 0.5) is 4.79 Å². The lowest BCUT2D eigenvalue weighted by Crippen LogP contribution is -2.50. The van der Waals surface area contributed by atoms with Crippen molar-refractivity contribution in [1.82, 2.24) is 10.2 Å². The normalized spacial score (nSPS) is 17.7. The molecule has 0 aromatic rings. The monoisotopic (exact) mass is 257 g/mol. The molecule has 0 spiro atoms. The minimum Gasteiger partial charge on any atom is -0.480 e. The first-order valence-corrected chi connectivity index (χ1v) is 5.87. The Labute approximate surface area is 105 Å². The first-order chi connectivity index (χ1) is 8.32. The minimum atomic E-state index is -1.27. The first kappa shape index (κ1) is 14.3. The molecular weight excluding hydrogens is 238 g/mol. The van der Waals surface area contributed by atoms with Gasteiger partial charge in [0.1, 0.15) is 6.04 Å². The van der Waals surface area contributed by atoms with Gasteiger partial charge in [-0.1, -0.05) is 0 Å². The van der Waals surface area contributed by atoms with E-state index in [1.807, 2.05) is 6.92 Å². The van der Waals surface area contributed by atoms with Crippen LogP contribution in [-0.2, 0) is 9.59 Å². The molecular formula is C11H19N3O4. The highest BCUT2D eigenvalue weighted by Crippen LogP contribution is 2.34. The number of carboxylic acids is 1. The van der Waals surface area contributed by atoms with Crippen LogP contribution in [0.1, 0.15) is 26.2 Å². The Kier molecular flexibility index (Phi) is 4.52. The van der Waals surface area contributed by atoms with Crippen molar-refractivity contribution >= 4 is 17.9 Å². The number of urea groups is 1. The van der Waals surface area contributed by atoms with Gasteiger partial charge in [-0.25, -0.2) is 9.59 Å². The van der Waals surface area contributed by atoms with Crippen LogP contribution in [-0.4, -0.2) is 47.0 Å². The van der Waals surface area contributed by atoms with E-state index in [-0.39, 0.29) is 6.04 Å². The number of nitrogens with two attached hydrogens (primary N) is 1. The third kappa shape index (κ3) is 3.90. The van der Waals surface area contributed by atoms with Gasteiger partial charge >= 0.3 is 12.0 Å². The van der Waals surface area contributed by atoms with Crippen LogP contribution >= 0.6 is 0 Å². The third-order valence-electron chi connectivity index (χ3n) is 3.24. The average Bonchev–Trinajstić information content (AvgIpc) is 3.08. The highest BCUT2D eigenvalue weighted by Gasteiger charge is 2.33. The van der Waals surface area contributed by atoms with Crippen LogP contribution in [0.25, 0.3) is 0 Å². The Bertz CT molecular complexity index is 354. The molecule has 1 saturated carbocycles. The van der Waals surface area contributed by atoms with Gasteiger partial charge in [0.25, 0.3) is 0 Å². The van der Waals surface area contributed by atoms with Crippen molar-refractivity contribution < 1.29 is 19.5 Å². The summed E-state index contributed by atoms with van der Waals surface area (Å²) in [7, 11) is 1.61. The predicted octanol–water partition coefficient (Wildman–Crippen LogP) is -0.245. The maximum Gasteiger partial charge on any atom is 0.326 e. The molecule has 0 aliphatic heterocycles. The third-order valence-corrected chi connectivity index (χ3v) is 3.24. The predicted molar refractivity (Wildman–Crippen MR) is 63.7 cm³/mol. The van der Waals surface area contributed by atoms with Crippen molar-refractivity contribution in [2.75, 3.05) is 7.05 Å². The van der Waals surface area contributed by atoms with Crippen LogP contribution in [0.2, 0.25) is 0 Å². The van der Waals surface area contributed by atoms with Crippen molar-refractivity contribution in [2.45, 2.75) is 38.3 Å². The van der Waals surface area contributed by atoms with Crippen LogP contribution < -0.4 is 11.1 Å². The molecule has 0 saturated heterocycles. The summed E-state index contributed by atoms with van der Waals surface area (Å²) in [6.45, 7) is 1.92. The molecule has 3 amide bonds. The Balaban J connectivity index is 2.54. The first-order valence-electron chi connectivity index (χ1n) is 5.87. The zero-order valence-corrected chi connectivity index (χ0v) is 10.5. The number of hydrogen-bond donors (Lipinski definition) is 3. The lowest BCUT2D eigenvalue weighted by atomic mass is 10.2. The summed E-state index contributed by atoms with van der Waals surface area (Å²) in [5, 5.41) is 11.2. The van der Waals surface area contributed by atoms with E-state index < -0.39 is 30.4 Å². The fraction of sp³-hybridized carbons (Fsp3) is 0.727. The van der Waals surface area contributed by atoms with E-state index in [4.69, 9.17) is 10.8 Å². The molecule has 0 aromatic heterocycles. The van der Waals surface area contributed by atoms with Crippen molar-refractivity contribution in [1.29, 1.82) is 0 Å². The van der Waals surface area contributed by atoms with Crippen LogP contribution in [0.5, 0.6) is 0 Å². The molecule has 0 radical (unpaired) electrons. The number of hydrogen-bond acceptors (Lipinski definition) is 3. The number of rotatable bonds is 6. The van der Waals surface area contributed by atoms with Gasteiger partial charge in [0.2, 0.25) is 5.91 Å². The molecule has 0 aromatic carbocycles. The van der Waals surface area contributed by atoms with Crippen molar-refractivity contribution in [2.24, 2.45) is 11.7 Å². The summed E-state index contributed by atoms with van der Waals surface area (Å²) in [4.78, 5) is 34.9. The van der Waals surface area contributed by atoms with E-state index in [1.54, 1.807) is 7.05 Å². The average molecular weight is 257 g/mol. The lowest BCUT2D eigenvalue weighted by Gasteiger charge is -2.26. The quantitative estimate of drug-likeness (QED) is 0.609. The summed E-state index contributed by atoms with van der Waals surface area (Å²) < 4.78 is 0. The maximum atomic E-state index is 11.8. The molecule has 0 heterocycles. The molecule has 1 fully saturated rings. The summed E-state index contributed by atoms with van der Waals surface area (Å²) >= 11 is 0. The molecule has 102 valence electrons. The fourth-order valence-electron chi connectivity index (χ4n) is 1.73. The van der Waals surface area contributed by atoms with E-state index in [0.29, 0.717) is 5.92 Å². The Morgan fingerprint density at radius 2 is 2.00 bits per heavy atom. The Hall–Kier alpha value is -1.79. The fourth-order valence-corrected chi connectivity index (χ4v) is 1.73. The molecule has 0 bridgehead atoms. The summed E-state index contributed by atoms with van der Waals surface area (Å²) in [5.41, 5.74) is 4.93. The van der Waals surface area contributed by atoms with Crippen LogP contribution in [0.15, 0.2) is 0 Å². The summed E-state index contributed by atoms with van der Waals surface area (Å²) in [5.74, 6) is -1.55. The maximum absolute atomic E-state index is 11.8. The zero-order valence-electron chi connectivity index (χ0n) is 10.5. The molecule has 1 aliphatic rings. The lowest BCUT2D eigenvalue weighted by molar-refractivity contribution is -0.141. The van der Waals surface area contributed by atoms with Crippen molar-refractivity contribution in [3.63, 3.8) is 0 Å². The number of nitrogens with one attached hydrogen (secondary N) is 1. The molecule has 4 N–H and O–H groups in total. The van der Waals surface area contributed by atoms with Gasteiger partial charge < -0.3 is 21.1 Å². The van der Waals surface area contributed by atoms with Crippen molar-refractivity contribution in [3.05, 3.63) is 0 Å². The number of primary amides is 1. The van der Waals surface area contributed by atoms with E-state index in [9.17, 15) is 14.4 Å². The SMILES string of the molecule is CC(C1CC1)N(C)C(=O)N[C@@H](CC(N)=O)C(=O)O. The molecule has 18 heavy (non-hydrogen) atoms. The van der Waals surface area contributed by atoms with Gasteiger partial charge in [0.05, 0.1) is 6.42 Å². The molecule has 7 heteroatoms. The number of nitrogens with zero attached hydrogens (tertiary/aromatic N) is 1. The number of aliphatic carboxylic acids is 1. The van der Waals surface area contributed by atoms with Crippen LogP contribution in [0, 0.1) is 5.92 Å². The van der Waals surface area contributed by atoms with Crippen LogP contribution in [0.3, 0.4) is 0 Å². The van der Waals surface area contributed by atoms with Gasteiger partial charge in [-0.05, 0) is 25.7 Å². The van der Waals surface area contributed by atoms with E-state index >= 15 is 0 Å². The number of carbonyl (C=O) groups is 3. The molecule has 2 atom stereocenters. The number of carboxylic acid groups (broad SMARTS) is 1. The van der Waals surface area contributed by atoms with Gasteiger partial charge in [-0.15, -0.1) is 0 Å².